The van der Waals surface area contributed by atoms with E-state index in [0.29, 0.717) is 23.3 Å². The highest BCUT2D eigenvalue weighted by Gasteiger charge is 2.16. The van der Waals surface area contributed by atoms with Gasteiger partial charge in [-0.05, 0) is 55.8 Å². The standard InChI is InChI=1S/C22H18ClNO5/c1-13-3-7-19(14(2)9-13)24-21(26)12-28-22(27)17-10-15(4-6-18(17)23)20-8-5-16(11-25)29-20/h3-11H,12H2,1-2H3,(H,24,26). The summed E-state index contributed by atoms with van der Waals surface area (Å²) in [5.74, 6) is -0.624. The third-order valence-electron chi connectivity index (χ3n) is 4.20. The second kappa shape index (κ2) is 8.75. The fourth-order valence-corrected chi connectivity index (χ4v) is 2.95. The first kappa shape index (κ1) is 20.4. The molecule has 0 aliphatic rings. The van der Waals surface area contributed by atoms with Crippen LogP contribution in [0, 0.1) is 13.8 Å². The minimum atomic E-state index is -0.741. The maximum atomic E-state index is 12.4. The summed E-state index contributed by atoms with van der Waals surface area (Å²) in [5, 5.41) is 2.88. The number of ether oxygens (including phenoxy) is 1. The third kappa shape index (κ3) is 4.92. The van der Waals surface area contributed by atoms with E-state index in [-0.39, 0.29) is 16.3 Å². The molecule has 0 unspecified atom stereocenters. The van der Waals surface area contributed by atoms with Gasteiger partial charge < -0.3 is 14.5 Å². The van der Waals surface area contributed by atoms with Gasteiger partial charge in [-0.2, -0.15) is 0 Å². The summed E-state index contributed by atoms with van der Waals surface area (Å²) in [7, 11) is 0. The Kier molecular flexibility index (Phi) is 6.14. The van der Waals surface area contributed by atoms with E-state index in [9.17, 15) is 14.4 Å². The lowest BCUT2D eigenvalue weighted by molar-refractivity contribution is -0.119. The van der Waals surface area contributed by atoms with E-state index in [1.54, 1.807) is 18.2 Å². The molecule has 0 aliphatic heterocycles. The summed E-state index contributed by atoms with van der Waals surface area (Å²) in [6.45, 7) is 3.38. The number of aldehydes is 1. The van der Waals surface area contributed by atoms with Crippen LogP contribution in [0.25, 0.3) is 11.3 Å². The molecular weight excluding hydrogens is 394 g/mol. The van der Waals surface area contributed by atoms with Gasteiger partial charge in [-0.3, -0.25) is 9.59 Å². The number of hydrogen-bond donors (Lipinski definition) is 1. The highest BCUT2D eigenvalue weighted by molar-refractivity contribution is 6.33. The van der Waals surface area contributed by atoms with Crippen molar-refractivity contribution in [2.75, 3.05) is 11.9 Å². The molecule has 0 fully saturated rings. The van der Waals surface area contributed by atoms with Gasteiger partial charge in [0.2, 0.25) is 0 Å². The summed E-state index contributed by atoms with van der Waals surface area (Å²) >= 11 is 6.10. The van der Waals surface area contributed by atoms with Crippen LogP contribution in [-0.4, -0.2) is 24.8 Å². The van der Waals surface area contributed by atoms with Crippen LogP contribution >= 0.6 is 11.6 Å². The van der Waals surface area contributed by atoms with Crippen LogP contribution in [0.2, 0.25) is 5.02 Å². The molecule has 0 aliphatic carbocycles. The molecule has 3 aromatic rings. The van der Waals surface area contributed by atoms with Gasteiger partial charge in [-0.25, -0.2) is 4.79 Å². The van der Waals surface area contributed by atoms with Crippen LogP contribution in [-0.2, 0) is 9.53 Å². The Morgan fingerprint density at radius 1 is 1.10 bits per heavy atom. The van der Waals surface area contributed by atoms with Crippen molar-refractivity contribution in [3.63, 3.8) is 0 Å². The maximum Gasteiger partial charge on any atom is 0.340 e. The van der Waals surface area contributed by atoms with E-state index in [1.807, 2.05) is 26.0 Å². The molecule has 1 amide bonds. The molecule has 1 heterocycles. The van der Waals surface area contributed by atoms with Crippen LogP contribution in [0.3, 0.4) is 0 Å². The second-order valence-electron chi connectivity index (χ2n) is 6.46. The van der Waals surface area contributed by atoms with Crippen LogP contribution < -0.4 is 5.32 Å². The van der Waals surface area contributed by atoms with Gasteiger partial charge >= 0.3 is 5.97 Å². The number of anilines is 1. The van der Waals surface area contributed by atoms with E-state index in [0.717, 1.165) is 11.1 Å². The number of carbonyl (C=O) groups excluding carboxylic acids is 3. The first-order chi connectivity index (χ1) is 13.9. The van der Waals surface area contributed by atoms with Crippen LogP contribution in [0.5, 0.6) is 0 Å². The third-order valence-corrected chi connectivity index (χ3v) is 4.53. The molecule has 0 atom stereocenters. The number of nitrogens with one attached hydrogen (secondary N) is 1. The zero-order chi connectivity index (χ0) is 21.0. The Labute approximate surface area is 172 Å². The summed E-state index contributed by atoms with van der Waals surface area (Å²) in [5.41, 5.74) is 3.29. The fourth-order valence-electron chi connectivity index (χ4n) is 2.76. The average Bonchev–Trinajstić information content (AvgIpc) is 3.18. The number of aryl methyl sites for hydroxylation is 2. The lowest BCUT2D eigenvalue weighted by atomic mass is 10.1. The average molecular weight is 412 g/mol. The van der Waals surface area contributed by atoms with E-state index in [1.165, 1.54) is 18.2 Å². The van der Waals surface area contributed by atoms with Crippen molar-refractivity contribution in [3.05, 3.63) is 76.0 Å². The molecule has 0 saturated carbocycles. The van der Waals surface area contributed by atoms with E-state index >= 15 is 0 Å². The molecule has 1 N–H and O–H groups in total. The topological polar surface area (TPSA) is 85.6 Å². The number of furan rings is 1. The molecule has 148 valence electrons. The summed E-state index contributed by atoms with van der Waals surface area (Å²) in [6, 6.07) is 13.4. The molecule has 0 bridgehead atoms. The van der Waals surface area contributed by atoms with Gasteiger partial charge in [0.05, 0.1) is 10.6 Å². The van der Waals surface area contributed by atoms with Crippen molar-refractivity contribution in [3.8, 4) is 11.3 Å². The van der Waals surface area contributed by atoms with Gasteiger partial charge in [0.1, 0.15) is 5.76 Å². The SMILES string of the molecule is Cc1ccc(NC(=O)COC(=O)c2cc(-c3ccc(C=O)o3)ccc2Cl)c(C)c1. The highest BCUT2D eigenvalue weighted by atomic mass is 35.5. The van der Waals surface area contributed by atoms with Crippen molar-refractivity contribution < 1.29 is 23.5 Å². The molecule has 0 radical (unpaired) electrons. The minimum Gasteiger partial charge on any atom is -0.453 e. The van der Waals surface area contributed by atoms with Gasteiger partial charge in [0, 0.05) is 11.3 Å². The zero-order valence-electron chi connectivity index (χ0n) is 15.8. The number of rotatable bonds is 6. The normalized spacial score (nSPS) is 10.4. The minimum absolute atomic E-state index is 0.0903. The molecule has 6 nitrogen and oxygen atoms in total. The summed E-state index contributed by atoms with van der Waals surface area (Å²) in [6.07, 6.45) is 0.586. The number of carbonyl (C=O) groups is 3. The summed E-state index contributed by atoms with van der Waals surface area (Å²) < 4.78 is 10.5. The Bertz CT molecular complexity index is 1090. The largest absolute Gasteiger partial charge is 0.453 e. The molecule has 29 heavy (non-hydrogen) atoms. The van der Waals surface area contributed by atoms with Crippen molar-refractivity contribution in [2.24, 2.45) is 0 Å². The monoisotopic (exact) mass is 411 g/mol. The lowest BCUT2D eigenvalue weighted by Gasteiger charge is -2.10. The Balaban J connectivity index is 1.67. The van der Waals surface area contributed by atoms with Crippen molar-refractivity contribution in [1.82, 2.24) is 0 Å². The number of hydrogen-bond acceptors (Lipinski definition) is 5. The van der Waals surface area contributed by atoms with Crippen molar-refractivity contribution >= 4 is 35.5 Å². The molecule has 3 rings (SSSR count). The molecule has 0 saturated heterocycles. The van der Waals surface area contributed by atoms with Crippen LogP contribution in [0.1, 0.15) is 32.0 Å². The second-order valence-corrected chi connectivity index (χ2v) is 6.86. The van der Waals surface area contributed by atoms with E-state index in [4.69, 9.17) is 20.8 Å². The van der Waals surface area contributed by atoms with Gasteiger partial charge in [0.15, 0.2) is 18.7 Å². The van der Waals surface area contributed by atoms with Gasteiger partial charge in [0.25, 0.3) is 5.91 Å². The van der Waals surface area contributed by atoms with E-state index < -0.39 is 18.5 Å². The molecule has 0 spiro atoms. The molecule has 2 aromatic carbocycles. The van der Waals surface area contributed by atoms with Crippen molar-refractivity contribution in [2.45, 2.75) is 13.8 Å². The Morgan fingerprint density at radius 3 is 2.59 bits per heavy atom. The van der Waals surface area contributed by atoms with Crippen molar-refractivity contribution in [1.29, 1.82) is 0 Å². The number of amides is 1. The first-order valence-electron chi connectivity index (χ1n) is 8.76. The van der Waals surface area contributed by atoms with Gasteiger partial charge in [-0.1, -0.05) is 29.3 Å². The van der Waals surface area contributed by atoms with E-state index in [2.05, 4.69) is 5.32 Å². The lowest BCUT2D eigenvalue weighted by Crippen LogP contribution is -2.21. The smallest absolute Gasteiger partial charge is 0.340 e. The van der Waals surface area contributed by atoms with Crippen LogP contribution in [0.15, 0.2) is 52.9 Å². The van der Waals surface area contributed by atoms with Crippen LogP contribution in [0.4, 0.5) is 5.69 Å². The quantitative estimate of drug-likeness (QED) is 0.464. The predicted molar refractivity (Wildman–Crippen MR) is 109 cm³/mol. The molecule has 7 heteroatoms. The Morgan fingerprint density at radius 2 is 1.90 bits per heavy atom. The highest BCUT2D eigenvalue weighted by Crippen LogP contribution is 2.27. The molecule has 1 aromatic heterocycles. The first-order valence-corrected chi connectivity index (χ1v) is 9.14. The Hall–Kier alpha value is -3.38. The number of esters is 1. The maximum absolute atomic E-state index is 12.4. The predicted octanol–water partition coefficient (Wildman–Crippen LogP) is 4.82. The number of halogens is 1. The van der Waals surface area contributed by atoms with Gasteiger partial charge in [-0.15, -0.1) is 0 Å². The zero-order valence-corrected chi connectivity index (χ0v) is 16.6. The number of benzene rings is 2. The summed E-state index contributed by atoms with van der Waals surface area (Å²) in [4.78, 5) is 35.3. The fraction of sp³-hybridized carbons (Fsp3) is 0.136. The molecular formula is C22H18ClNO5.